The average Bonchev–Trinajstić information content (AvgIpc) is 2.48. The Kier molecular flexibility index (Phi) is 2.47. The van der Waals surface area contributed by atoms with Gasteiger partial charge in [-0.15, -0.1) is 0 Å². The zero-order valence-corrected chi connectivity index (χ0v) is 12.5. The Morgan fingerprint density at radius 2 is 1.83 bits per heavy atom. The van der Waals surface area contributed by atoms with E-state index in [-0.39, 0.29) is 0 Å². The number of benzene rings is 1. The summed E-state index contributed by atoms with van der Waals surface area (Å²) in [5.74, 6) is 1.54. The highest BCUT2D eigenvalue weighted by molar-refractivity contribution is 5.46. The third-order valence-corrected chi connectivity index (χ3v) is 5.86. The van der Waals surface area contributed by atoms with E-state index in [1.165, 1.54) is 24.8 Å². The summed E-state index contributed by atoms with van der Waals surface area (Å²) in [5.41, 5.74) is 5.61. The molecule has 1 saturated carbocycles. The summed E-state index contributed by atoms with van der Waals surface area (Å²) in [7, 11) is 0. The Hall–Kier alpha value is -0.780. The number of rotatable bonds is 0. The summed E-state index contributed by atoms with van der Waals surface area (Å²) in [5, 5.41) is 0. The molecule has 1 fully saturated rings. The minimum Gasteiger partial charge on any atom is -0.0596 e. The smallest absolute Gasteiger partial charge is 0.00333 e. The Balaban J connectivity index is 2.20. The molecule has 0 unspecified atom stereocenters. The number of hydrogen-bond donors (Lipinski definition) is 0. The van der Waals surface area contributed by atoms with Crippen LogP contribution in [0.15, 0.2) is 18.2 Å². The van der Waals surface area contributed by atoms with Gasteiger partial charge in [-0.05, 0) is 53.6 Å². The highest BCUT2D eigenvalue weighted by atomic mass is 14.6. The van der Waals surface area contributed by atoms with Gasteiger partial charge in [0.05, 0.1) is 0 Å². The Bertz CT molecular complexity index is 483. The summed E-state index contributed by atoms with van der Waals surface area (Å²) < 4.78 is 0. The van der Waals surface area contributed by atoms with Gasteiger partial charge in [0.15, 0.2) is 0 Å². The predicted octanol–water partition coefficient (Wildman–Crippen LogP) is 5.20. The minimum atomic E-state index is 0.419. The van der Waals surface area contributed by atoms with Gasteiger partial charge in [0, 0.05) is 0 Å². The largest absolute Gasteiger partial charge is 0.0596 e. The van der Waals surface area contributed by atoms with Gasteiger partial charge in [0.25, 0.3) is 0 Å². The second kappa shape index (κ2) is 3.62. The third-order valence-electron chi connectivity index (χ3n) is 5.86. The van der Waals surface area contributed by atoms with Crippen molar-refractivity contribution in [1.29, 1.82) is 0 Å². The van der Waals surface area contributed by atoms with E-state index in [4.69, 9.17) is 0 Å². The highest BCUT2D eigenvalue weighted by Crippen LogP contribution is 2.62. The first-order valence-electron chi connectivity index (χ1n) is 7.47. The first-order chi connectivity index (χ1) is 8.36. The molecule has 0 nitrogen and oxygen atoms in total. The molecule has 0 amide bonds. The standard InChI is InChI=1S/C18H26/c1-12-7-8-14-13(2)16-17(3,4)9-6-10-18(16,5)15(14)11-12/h7-8,11,13,16H,6,9-10H2,1-5H3/t13-,16+,18+/m1/s1. The van der Waals surface area contributed by atoms with Gasteiger partial charge in [-0.1, -0.05) is 57.9 Å². The Morgan fingerprint density at radius 1 is 1.11 bits per heavy atom. The first kappa shape index (κ1) is 12.3. The Morgan fingerprint density at radius 3 is 2.56 bits per heavy atom. The molecule has 3 atom stereocenters. The number of hydrogen-bond acceptors (Lipinski definition) is 0. The topological polar surface area (TPSA) is 0 Å². The van der Waals surface area contributed by atoms with Crippen LogP contribution in [0.4, 0.5) is 0 Å². The van der Waals surface area contributed by atoms with Crippen LogP contribution in [0.1, 0.15) is 69.6 Å². The lowest BCUT2D eigenvalue weighted by atomic mass is 9.55. The SMILES string of the molecule is Cc1ccc2c(c1)[C@]1(C)CCCC(C)(C)[C@@H]1[C@@H]2C. The van der Waals surface area contributed by atoms with Crippen molar-refractivity contribution in [2.45, 2.75) is 65.2 Å². The summed E-state index contributed by atoms with van der Waals surface area (Å²) in [6, 6.07) is 7.16. The summed E-state index contributed by atoms with van der Waals surface area (Å²) in [6.07, 6.45) is 4.16. The molecule has 0 heterocycles. The lowest BCUT2D eigenvalue weighted by Crippen LogP contribution is -2.43. The monoisotopic (exact) mass is 242 g/mol. The van der Waals surface area contributed by atoms with Gasteiger partial charge in [-0.3, -0.25) is 0 Å². The second-order valence-corrected chi connectivity index (χ2v) is 7.62. The van der Waals surface area contributed by atoms with Gasteiger partial charge in [-0.25, -0.2) is 0 Å². The van der Waals surface area contributed by atoms with Crippen LogP contribution in [0, 0.1) is 18.3 Å². The molecule has 0 bridgehead atoms. The first-order valence-corrected chi connectivity index (χ1v) is 7.47. The summed E-state index contributed by atoms with van der Waals surface area (Å²) in [4.78, 5) is 0. The Labute approximate surface area is 112 Å². The van der Waals surface area contributed by atoms with Crippen LogP contribution in [0.25, 0.3) is 0 Å². The van der Waals surface area contributed by atoms with Crippen molar-refractivity contribution in [2.75, 3.05) is 0 Å². The van der Waals surface area contributed by atoms with E-state index in [1.54, 1.807) is 11.1 Å². The quantitative estimate of drug-likeness (QED) is 0.587. The summed E-state index contributed by atoms with van der Waals surface area (Å²) >= 11 is 0. The third kappa shape index (κ3) is 1.44. The molecule has 0 saturated heterocycles. The van der Waals surface area contributed by atoms with Gasteiger partial charge in [0.1, 0.15) is 0 Å². The van der Waals surface area contributed by atoms with Crippen LogP contribution in [0.3, 0.4) is 0 Å². The van der Waals surface area contributed by atoms with Crippen molar-refractivity contribution in [3.8, 4) is 0 Å². The lowest BCUT2D eigenvalue weighted by Gasteiger charge is -2.49. The molecule has 98 valence electrons. The molecule has 3 rings (SSSR count). The highest BCUT2D eigenvalue weighted by Gasteiger charge is 2.54. The molecule has 0 aromatic heterocycles. The van der Waals surface area contributed by atoms with Crippen LogP contribution in [-0.4, -0.2) is 0 Å². The average molecular weight is 242 g/mol. The van der Waals surface area contributed by atoms with Gasteiger partial charge in [0.2, 0.25) is 0 Å². The van der Waals surface area contributed by atoms with Gasteiger partial charge >= 0.3 is 0 Å². The fourth-order valence-corrected chi connectivity index (χ4v) is 5.36. The molecule has 18 heavy (non-hydrogen) atoms. The molecule has 2 aliphatic rings. The molecule has 1 aromatic rings. The van der Waals surface area contributed by atoms with Crippen LogP contribution in [-0.2, 0) is 5.41 Å². The van der Waals surface area contributed by atoms with E-state index in [9.17, 15) is 0 Å². The van der Waals surface area contributed by atoms with Gasteiger partial charge < -0.3 is 0 Å². The number of aryl methyl sites for hydroxylation is 1. The van der Waals surface area contributed by atoms with Crippen LogP contribution >= 0.6 is 0 Å². The molecule has 2 aliphatic carbocycles. The molecule has 0 aliphatic heterocycles. The van der Waals surface area contributed by atoms with Crippen LogP contribution in [0.5, 0.6) is 0 Å². The van der Waals surface area contributed by atoms with Crippen molar-refractivity contribution in [2.24, 2.45) is 11.3 Å². The molecule has 0 spiro atoms. The fraction of sp³-hybridized carbons (Fsp3) is 0.667. The molecule has 0 heteroatoms. The lowest BCUT2D eigenvalue weighted by molar-refractivity contribution is 0.0542. The van der Waals surface area contributed by atoms with Crippen molar-refractivity contribution in [1.82, 2.24) is 0 Å². The molecule has 0 radical (unpaired) electrons. The minimum absolute atomic E-state index is 0.419. The molecule has 1 aromatic carbocycles. The molecule has 0 N–H and O–H groups in total. The van der Waals surface area contributed by atoms with E-state index in [0.29, 0.717) is 10.8 Å². The maximum absolute atomic E-state index is 2.53. The normalized spacial score (nSPS) is 37.2. The maximum atomic E-state index is 2.53. The molecular formula is C18H26. The van der Waals surface area contributed by atoms with E-state index in [1.807, 2.05) is 0 Å². The fourth-order valence-electron chi connectivity index (χ4n) is 5.36. The predicted molar refractivity (Wildman–Crippen MR) is 78.1 cm³/mol. The molecular weight excluding hydrogens is 216 g/mol. The van der Waals surface area contributed by atoms with E-state index >= 15 is 0 Å². The van der Waals surface area contributed by atoms with E-state index < -0.39 is 0 Å². The zero-order chi connectivity index (χ0) is 13.1. The van der Waals surface area contributed by atoms with Gasteiger partial charge in [-0.2, -0.15) is 0 Å². The second-order valence-electron chi connectivity index (χ2n) is 7.62. The summed E-state index contributed by atoms with van der Waals surface area (Å²) in [6.45, 7) is 12.2. The van der Waals surface area contributed by atoms with Crippen LogP contribution < -0.4 is 0 Å². The zero-order valence-electron chi connectivity index (χ0n) is 12.5. The van der Waals surface area contributed by atoms with Crippen molar-refractivity contribution < 1.29 is 0 Å². The van der Waals surface area contributed by atoms with Crippen molar-refractivity contribution >= 4 is 0 Å². The van der Waals surface area contributed by atoms with Crippen LogP contribution in [0.2, 0.25) is 0 Å². The van der Waals surface area contributed by atoms with E-state index in [2.05, 4.69) is 52.8 Å². The maximum Gasteiger partial charge on any atom is -0.00333 e. The van der Waals surface area contributed by atoms with Crippen molar-refractivity contribution in [3.05, 3.63) is 34.9 Å². The van der Waals surface area contributed by atoms with Crippen molar-refractivity contribution in [3.63, 3.8) is 0 Å². The number of fused-ring (bicyclic) bond motifs is 3. The van der Waals surface area contributed by atoms with E-state index in [0.717, 1.165) is 11.8 Å².